The van der Waals surface area contributed by atoms with Crippen LogP contribution in [0.2, 0.25) is 0 Å². The lowest BCUT2D eigenvalue weighted by Crippen LogP contribution is -2.09. The molecule has 3 heteroatoms. The van der Waals surface area contributed by atoms with Crippen molar-refractivity contribution in [2.75, 3.05) is 11.9 Å². The van der Waals surface area contributed by atoms with E-state index in [2.05, 4.69) is 5.32 Å². The molecule has 0 atom stereocenters. The Bertz CT molecular complexity index is 199. The van der Waals surface area contributed by atoms with Gasteiger partial charge in [0.05, 0.1) is 6.54 Å². The Morgan fingerprint density at radius 1 is 1.18 bits per heavy atom. The van der Waals surface area contributed by atoms with Gasteiger partial charge in [-0.1, -0.05) is 18.2 Å². The van der Waals surface area contributed by atoms with Crippen LogP contribution in [0.5, 0.6) is 0 Å². The zero-order valence-electron chi connectivity index (χ0n) is 5.93. The van der Waals surface area contributed by atoms with Gasteiger partial charge < -0.3 is 5.32 Å². The van der Waals surface area contributed by atoms with Crippen LogP contribution in [0.25, 0.3) is 0 Å². The molecule has 0 saturated heterocycles. The van der Waals surface area contributed by atoms with Gasteiger partial charge >= 0.3 is 0 Å². The molecule has 1 rings (SSSR count). The lowest BCUT2D eigenvalue weighted by Gasteiger charge is -2.03. The molecule has 1 nitrogen and oxygen atoms in total. The Morgan fingerprint density at radius 3 is 2.36 bits per heavy atom. The maximum absolute atomic E-state index is 11.7. The maximum atomic E-state index is 11.7. The zero-order chi connectivity index (χ0) is 8.10. The van der Waals surface area contributed by atoms with Crippen LogP contribution < -0.4 is 5.32 Å². The van der Waals surface area contributed by atoms with Crippen LogP contribution in [-0.4, -0.2) is 13.0 Å². The number of anilines is 1. The van der Waals surface area contributed by atoms with Gasteiger partial charge in [0.1, 0.15) is 0 Å². The number of rotatable bonds is 3. The minimum atomic E-state index is -2.30. The molecule has 11 heavy (non-hydrogen) atoms. The second kappa shape index (κ2) is 3.91. The molecule has 0 unspecified atom stereocenters. The van der Waals surface area contributed by atoms with Crippen molar-refractivity contribution in [3.05, 3.63) is 30.3 Å². The largest absolute Gasteiger partial charge is 0.379 e. The normalized spacial score (nSPS) is 10.1. The highest BCUT2D eigenvalue weighted by molar-refractivity contribution is 5.42. The van der Waals surface area contributed by atoms with Crippen LogP contribution in [0.1, 0.15) is 0 Å². The Morgan fingerprint density at radius 2 is 1.82 bits per heavy atom. The number of halogens is 2. The van der Waals surface area contributed by atoms with Gasteiger partial charge in [0.15, 0.2) is 0 Å². The smallest absolute Gasteiger partial charge is 0.255 e. The molecule has 0 aliphatic heterocycles. The fourth-order valence-corrected chi connectivity index (χ4v) is 0.751. The Hall–Kier alpha value is -1.12. The summed E-state index contributed by atoms with van der Waals surface area (Å²) in [6.45, 7) is -0.288. The molecule has 0 aliphatic carbocycles. The highest BCUT2D eigenvalue weighted by atomic mass is 19.3. The van der Waals surface area contributed by atoms with Crippen LogP contribution in [0.15, 0.2) is 30.3 Å². The predicted molar refractivity (Wildman–Crippen MR) is 40.9 cm³/mol. The van der Waals surface area contributed by atoms with Crippen LogP contribution in [0.4, 0.5) is 14.5 Å². The zero-order valence-corrected chi connectivity index (χ0v) is 5.93. The van der Waals surface area contributed by atoms with Crippen molar-refractivity contribution >= 4 is 5.69 Å². The van der Waals surface area contributed by atoms with Gasteiger partial charge in [-0.15, -0.1) is 0 Å². The van der Waals surface area contributed by atoms with E-state index >= 15 is 0 Å². The highest BCUT2D eigenvalue weighted by Crippen LogP contribution is 2.05. The van der Waals surface area contributed by atoms with Crippen molar-refractivity contribution in [1.82, 2.24) is 0 Å². The van der Waals surface area contributed by atoms with Crippen molar-refractivity contribution in [3.63, 3.8) is 0 Å². The van der Waals surface area contributed by atoms with Crippen LogP contribution >= 0.6 is 0 Å². The Kier molecular flexibility index (Phi) is 2.83. The predicted octanol–water partition coefficient (Wildman–Crippen LogP) is 2.36. The Balaban J connectivity index is 2.39. The van der Waals surface area contributed by atoms with Crippen LogP contribution in [0, 0.1) is 0 Å². The van der Waals surface area contributed by atoms with E-state index in [0.717, 1.165) is 5.69 Å². The van der Waals surface area contributed by atoms with Gasteiger partial charge in [0, 0.05) is 5.69 Å². The molecule has 1 N–H and O–H groups in total. The molecule has 0 saturated carbocycles. The molecule has 0 aliphatic rings. The SMILES string of the molecule is FC(F)CNc1ccccc1. The number of hydrogen-bond donors (Lipinski definition) is 1. The standard InChI is InChI=1S/C8H9F2N/c9-8(10)6-11-7-4-2-1-3-5-7/h1-5,8,11H,6H2. The van der Waals surface area contributed by atoms with E-state index < -0.39 is 6.43 Å². The summed E-state index contributed by atoms with van der Waals surface area (Å²) < 4.78 is 23.3. The van der Waals surface area contributed by atoms with Crippen molar-refractivity contribution in [1.29, 1.82) is 0 Å². The first-order chi connectivity index (χ1) is 5.29. The van der Waals surface area contributed by atoms with Crippen molar-refractivity contribution < 1.29 is 8.78 Å². The molecule has 0 spiro atoms. The molecule has 0 amide bonds. The lowest BCUT2D eigenvalue weighted by atomic mass is 10.3. The minimum absolute atomic E-state index is 0.288. The molecule has 1 aromatic rings. The average molecular weight is 157 g/mol. The molecule has 0 radical (unpaired) electrons. The average Bonchev–Trinajstić information content (AvgIpc) is 2.03. The molecule has 0 fully saturated rings. The number of hydrogen-bond acceptors (Lipinski definition) is 1. The number of alkyl halides is 2. The molecule has 0 heterocycles. The minimum Gasteiger partial charge on any atom is -0.379 e. The first-order valence-electron chi connectivity index (χ1n) is 3.36. The summed E-state index contributed by atoms with van der Waals surface area (Å²) in [7, 11) is 0. The van der Waals surface area contributed by atoms with E-state index in [0.29, 0.717) is 0 Å². The summed E-state index contributed by atoms with van der Waals surface area (Å²) in [6.07, 6.45) is -2.30. The molecular formula is C8H9F2N. The monoisotopic (exact) mass is 157 g/mol. The van der Waals surface area contributed by atoms with Crippen molar-refractivity contribution in [2.24, 2.45) is 0 Å². The highest BCUT2D eigenvalue weighted by Gasteiger charge is 1.99. The van der Waals surface area contributed by atoms with Gasteiger partial charge in [-0.25, -0.2) is 8.78 Å². The third-order valence-electron chi connectivity index (χ3n) is 1.23. The third-order valence-corrected chi connectivity index (χ3v) is 1.23. The van der Waals surface area contributed by atoms with Crippen molar-refractivity contribution in [3.8, 4) is 0 Å². The van der Waals surface area contributed by atoms with Crippen LogP contribution in [-0.2, 0) is 0 Å². The molecule has 1 aromatic carbocycles. The van der Waals surface area contributed by atoms with Gasteiger partial charge in [-0.05, 0) is 12.1 Å². The van der Waals surface area contributed by atoms with Gasteiger partial charge in [-0.2, -0.15) is 0 Å². The molecule has 0 aromatic heterocycles. The number of para-hydroxylation sites is 1. The molecular weight excluding hydrogens is 148 g/mol. The summed E-state index contributed by atoms with van der Waals surface area (Å²) in [4.78, 5) is 0. The van der Waals surface area contributed by atoms with Crippen LogP contribution in [0.3, 0.4) is 0 Å². The second-order valence-corrected chi connectivity index (χ2v) is 2.14. The quantitative estimate of drug-likeness (QED) is 0.710. The van der Waals surface area contributed by atoms with E-state index in [4.69, 9.17) is 0 Å². The summed E-state index contributed by atoms with van der Waals surface area (Å²) in [5.74, 6) is 0. The summed E-state index contributed by atoms with van der Waals surface area (Å²) in [6, 6.07) is 8.94. The molecule has 60 valence electrons. The fourth-order valence-electron chi connectivity index (χ4n) is 0.751. The van der Waals surface area contributed by atoms with E-state index in [-0.39, 0.29) is 6.54 Å². The van der Waals surface area contributed by atoms with E-state index in [9.17, 15) is 8.78 Å². The summed E-state index contributed by atoms with van der Waals surface area (Å²) in [5, 5.41) is 2.59. The molecule has 0 bridgehead atoms. The topological polar surface area (TPSA) is 12.0 Å². The van der Waals surface area contributed by atoms with Gasteiger partial charge in [0.2, 0.25) is 0 Å². The fraction of sp³-hybridized carbons (Fsp3) is 0.250. The van der Waals surface area contributed by atoms with Gasteiger partial charge in [0.25, 0.3) is 6.43 Å². The van der Waals surface area contributed by atoms with E-state index in [1.54, 1.807) is 24.3 Å². The summed E-state index contributed by atoms with van der Waals surface area (Å²) >= 11 is 0. The number of benzene rings is 1. The first-order valence-corrected chi connectivity index (χ1v) is 3.36. The Labute approximate surface area is 64.0 Å². The van der Waals surface area contributed by atoms with Gasteiger partial charge in [-0.3, -0.25) is 0 Å². The second-order valence-electron chi connectivity index (χ2n) is 2.14. The van der Waals surface area contributed by atoms with E-state index in [1.807, 2.05) is 6.07 Å². The lowest BCUT2D eigenvalue weighted by molar-refractivity contribution is 0.163. The number of nitrogens with one attached hydrogen (secondary N) is 1. The summed E-state index contributed by atoms with van der Waals surface area (Å²) in [5.41, 5.74) is 0.729. The van der Waals surface area contributed by atoms with Crippen molar-refractivity contribution in [2.45, 2.75) is 6.43 Å². The van der Waals surface area contributed by atoms with E-state index in [1.165, 1.54) is 0 Å². The first kappa shape index (κ1) is 7.98. The third kappa shape index (κ3) is 2.98. The maximum Gasteiger partial charge on any atom is 0.255 e.